The Morgan fingerprint density at radius 1 is 1.30 bits per heavy atom. The van der Waals surface area contributed by atoms with E-state index in [1.54, 1.807) is 16.2 Å². The number of anilines is 1. The molecule has 2 aliphatic rings. The molecule has 3 heterocycles. The summed E-state index contributed by atoms with van der Waals surface area (Å²) in [5, 5.41) is 5.49. The third kappa shape index (κ3) is 5.02. The largest absolute Gasteiger partial charge is 0.406 e. The third-order valence-corrected chi connectivity index (χ3v) is 5.65. The average molecular weight is 405 g/mol. The molecule has 0 spiro atoms. The zero-order valence-corrected chi connectivity index (χ0v) is 15.8. The Balaban J connectivity index is 1.52. The van der Waals surface area contributed by atoms with Crippen molar-refractivity contribution in [2.45, 2.75) is 32.0 Å². The van der Waals surface area contributed by atoms with E-state index < -0.39 is 30.7 Å². The summed E-state index contributed by atoms with van der Waals surface area (Å²) in [6.45, 7) is 3.05. The highest BCUT2D eigenvalue weighted by Gasteiger charge is 2.40. The molecule has 2 fully saturated rings. The van der Waals surface area contributed by atoms with E-state index in [2.05, 4.69) is 15.2 Å². The van der Waals surface area contributed by atoms with Crippen molar-refractivity contribution in [3.8, 4) is 0 Å². The van der Waals surface area contributed by atoms with E-state index in [4.69, 9.17) is 0 Å². The first kappa shape index (κ1) is 19.7. The molecule has 27 heavy (non-hydrogen) atoms. The van der Waals surface area contributed by atoms with Gasteiger partial charge in [0.2, 0.25) is 5.91 Å². The van der Waals surface area contributed by atoms with Gasteiger partial charge in [0.05, 0.1) is 5.69 Å². The fraction of sp³-hybridized carbons (Fsp3) is 0.688. The number of halogens is 3. The molecule has 1 atom stereocenters. The van der Waals surface area contributed by atoms with E-state index in [9.17, 15) is 22.8 Å². The standard InChI is InChI=1S/C16H22F3N5O2S/c1-11-9-27-15(20-11)23-5-2-4-22(7-8-23)14(26)21-12-3-6-24(13(12)25)10-16(17,18)19/h9,12H,2-8,10H2,1H3,(H,21,26). The van der Waals surface area contributed by atoms with E-state index >= 15 is 0 Å². The lowest BCUT2D eigenvalue weighted by Gasteiger charge is -2.24. The van der Waals surface area contributed by atoms with Crippen LogP contribution in [0, 0.1) is 6.92 Å². The molecule has 2 saturated heterocycles. The monoisotopic (exact) mass is 405 g/mol. The van der Waals surface area contributed by atoms with Crippen molar-refractivity contribution in [3.05, 3.63) is 11.1 Å². The fourth-order valence-corrected chi connectivity index (χ4v) is 4.14. The molecule has 1 aromatic rings. The first-order chi connectivity index (χ1) is 12.7. The van der Waals surface area contributed by atoms with Crippen LogP contribution in [0.15, 0.2) is 5.38 Å². The zero-order valence-electron chi connectivity index (χ0n) is 15.0. The van der Waals surface area contributed by atoms with Crippen LogP contribution < -0.4 is 10.2 Å². The van der Waals surface area contributed by atoms with Crippen molar-refractivity contribution in [1.29, 1.82) is 0 Å². The number of aromatic nitrogens is 1. The number of urea groups is 1. The van der Waals surface area contributed by atoms with Crippen molar-refractivity contribution in [3.63, 3.8) is 0 Å². The summed E-state index contributed by atoms with van der Waals surface area (Å²) in [5.41, 5.74) is 0.956. The van der Waals surface area contributed by atoms with Crippen LogP contribution in [0.5, 0.6) is 0 Å². The Morgan fingerprint density at radius 2 is 2.07 bits per heavy atom. The van der Waals surface area contributed by atoms with Gasteiger partial charge in [0.15, 0.2) is 5.13 Å². The Hall–Kier alpha value is -2.04. The van der Waals surface area contributed by atoms with Crippen molar-refractivity contribution in [2.24, 2.45) is 0 Å². The van der Waals surface area contributed by atoms with Crippen molar-refractivity contribution in [2.75, 3.05) is 44.2 Å². The van der Waals surface area contributed by atoms with Gasteiger partial charge in [-0.1, -0.05) is 0 Å². The smallest absolute Gasteiger partial charge is 0.346 e. The van der Waals surface area contributed by atoms with Gasteiger partial charge in [-0.3, -0.25) is 4.79 Å². The quantitative estimate of drug-likeness (QED) is 0.833. The number of thiazole rings is 1. The highest BCUT2D eigenvalue weighted by molar-refractivity contribution is 7.13. The maximum atomic E-state index is 12.5. The van der Waals surface area contributed by atoms with E-state index in [1.807, 2.05) is 12.3 Å². The molecule has 3 amide bonds. The molecule has 3 rings (SSSR count). The number of rotatable bonds is 3. The molecule has 150 valence electrons. The molecular formula is C16H22F3N5O2S. The second-order valence-electron chi connectivity index (χ2n) is 6.76. The first-order valence-electron chi connectivity index (χ1n) is 8.81. The molecule has 0 saturated carbocycles. The molecule has 2 aliphatic heterocycles. The molecule has 0 radical (unpaired) electrons. The van der Waals surface area contributed by atoms with Crippen LogP contribution in [0.2, 0.25) is 0 Å². The molecule has 1 N–H and O–H groups in total. The number of amides is 3. The molecule has 1 aromatic heterocycles. The summed E-state index contributed by atoms with van der Waals surface area (Å²) in [7, 11) is 0. The van der Waals surface area contributed by atoms with Crippen LogP contribution in [0.25, 0.3) is 0 Å². The molecule has 0 bridgehead atoms. The Morgan fingerprint density at radius 3 is 2.74 bits per heavy atom. The lowest BCUT2D eigenvalue weighted by atomic mass is 10.2. The van der Waals surface area contributed by atoms with E-state index in [0.717, 1.165) is 28.7 Å². The Bertz CT molecular complexity index is 696. The SMILES string of the molecule is Cc1csc(N2CCCN(C(=O)NC3CCN(CC(F)(F)F)C3=O)CC2)n1. The maximum absolute atomic E-state index is 12.5. The van der Waals surface area contributed by atoms with Gasteiger partial charge in [-0.2, -0.15) is 13.2 Å². The van der Waals surface area contributed by atoms with Crippen molar-refractivity contribution >= 4 is 28.4 Å². The maximum Gasteiger partial charge on any atom is 0.406 e. The summed E-state index contributed by atoms with van der Waals surface area (Å²) in [5.74, 6) is -0.671. The summed E-state index contributed by atoms with van der Waals surface area (Å²) < 4.78 is 37.5. The van der Waals surface area contributed by atoms with Crippen LogP contribution in [-0.2, 0) is 4.79 Å². The predicted octanol–water partition coefficient (Wildman–Crippen LogP) is 1.84. The van der Waals surface area contributed by atoms with Gasteiger partial charge in [0.1, 0.15) is 12.6 Å². The number of carbonyl (C=O) groups is 2. The van der Waals surface area contributed by atoms with Crippen molar-refractivity contribution in [1.82, 2.24) is 20.1 Å². The van der Waals surface area contributed by atoms with Gasteiger partial charge in [-0.15, -0.1) is 11.3 Å². The number of carbonyl (C=O) groups excluding carboxylic acids is 2. The van der Waals surface area contributed by atoms with Crippen LogP contribution in [0.3, 0.4) is 0 Å². The van der Waals surface area contributed by atoms with Crippen molar-refractivity contribution < 1.29 is 22.8 Å². The lowest BCUT2D eigenvalue weighted by Crippen LogP contribution is -2.49. The van der Waals surface area contributed by atoms with Crippen LogP contribution in [-0.4, -0.2) is 78.2 Å². The predicted molar refractivity (Wildman–Crippen MR) is 94.8 cm³/mol. The summed E-state index contributed by atoms with van der Waals surface area (Å²) in [4.78, 5) is 33.5. The topological polar surface area (TPSA) is 68.8 Å². The zero-order chi connectivity index (χ0) is 19.6. The first-order valence-corrected chi connectivity index (χ1v) is 9.69. The number of alkyl halides is 3. The summed E-state index contributed by atoms with van der Waals surface area (Å²) in [6, 6.07) is -1.29. The third-order valence-electron chi connectivity index (χ3n) is 4.63. The number of hydrogen-bond donors (Lipinski definition) is 1. The normalized spacial score (nSPS) is 21.6. The second kappa shape index (κ2) is 7.91. The molecule has 7 nitrogen and oxygen atoms in total. The van der Waals surface area contributed by atoms with E-state index in [0.29, 0.717) is 19.6 Å². The minimum absolute atomic E-state index is 0.000462. The lowest BCUT2D eigenvalue weighted by molar-refractivity contribution is -0.157. The van der Waals surface area contributed by atoms with E-state index in [-0.39, 0.29) is 13.0 Å². The second-order valence-corrected chi connectivity index (χ2v) is 7.60. The number of nitrogens with one attached hydrogen (secondary N) is 1. The minimum atomic E-state index is -4.43. The van der Waals surface area contributed by atoms with Gasteiger partial charge in [-0.25, -0.2) is 9.78 Å². The molecule has 0 aliphatic carbocycles. The molecule has 11 heteroatoms. The number of aryl methyl sites for hydroxylation is 1. The Kier molecular flexibility index (Phi) is 5.78. The summed E-state index contributed by atoms with van der Waals surface area (Å²) in [6.07, 6.45) is -3.49. The van der Waals surface area contributed by atoms with Gasteiger partial charge >= 0.3 is 12.2 Å². The van der Waals surface area contributed by atoms with Crippen LogP contribution >= 0.6 is 11.3 Å². The highest BCUT2D eigenvalue weighted by Crippen LogP contribution is 2.22. The number of nitrogens with zero attached hydrogens (tertiary/aromatic N) is 4. The number of hydrogen-bond acceptors (Lipinski definition) is 5. The highest BCUT2D eigenvalue weighted by atomic mass is 32.1. The van der Waals surface area contributed by atoms with Crippen LogP contribution in [0.4, 0.5) is 23.1 Å². The number of likely N-dealkylation sites (tertiary alicyclic amines) is 1. The van der Waals surface area contributed by atoms with E-state index in [1.165, 1.54) is 0 Å². The van der Waals surface area contributed by atoms with Gasteiger partial charge < -0.3 is 20.0 Å². The molecular weight excluding hydrogens is 383 g/mol. The van der Waals surface area contributed by atoms with Gasteiger partial charge in [-0.05, 0) is 19.8 Å². The minimum Gasteiger partial charge on any atom is -0.346 e. The molecule has 1 unspecified atom stereocenters. The van der Waals surface area contributed by atoms with Gasteiger partial charge in [0.25, 0.3) is 0 Å². The fourth-order valence-electron chi connectivity index (χ4n) is 3.29. The molecule has 0 aromatic carbocycles. The van der Waals surface area contributed by atoms with Crippen LogP contribution in [0.1, 0.15) is 18.5 Å². The average Bonchev–Trinajstić information content (AvgIpc) is 3.04. The Labute approximate surface area is 159 Å². The summed E-state index contributed by atoms with van der Waals surface area (Å²) >= 11 is 1.56. The van der Waals surface area contributed by atoms with Gasteiger partial charge in [0, 0.05) is 38.1 Å².